The first-order valence-corrected chi connectivity index (χ1v) is 23.7. The highest BCUT2D eigenvalue weighted by Gasteiger charge is 2.37. The zero-order chi connectivity index (χ0) is 45.5. The van der Waals surface area contributed by atoms with Gasteiger partial charge in [0.05, 0.1) is 41.9 Å². The van der Waals surface area contributed by atoms with Gasteiger partial charge in [0.2, 0.25) is 0 Å². The minimum atomic E-state index is -0.547. The van der Waals surface area contributed by atoms with E-state index in [1.807, 2.05) is 61.5 Å². The molecule has 0 aliphatic carbocycles. The molecule has 1 atom stereocenters. The number of nitrogens with zero attached hydrogens (tertiary/aromatic N) is 4. The molecule has 2 aromatic rings. The molecule has 0 spiro atoms. The number of thiophene rings is 2. The van der Waals surface area contributed by atoms with E-state index >= 15 is 0 Å². The van der Waals surface area contributed by atoms with Crippen LogP contribution in [0.4, 0.5) is 19.6 Å². The van der Waals surface area contributed by atoms with Gasteiger partial charge in [0.1, 0.15) is 11.2 Å². The number of hydrogen-bond donors (Lipinski definition) is 0. The molecule has 0 bridgehead atoms. The van der Waals surface area contributed by atoms with Gasteiger partial charge in [-0.25, -0.2) is 19.2 Å². The van der Waals surface area contributed by atoms with Crippen molar-refractivity contribution in [1.82, 2.24) is 9.80 Å². The Labute approximate surface area is 376 Å². The molecule has 6 heterocycles. The number of carbonyl (C=O) groups excluding carboxylic acids is 4. The van der Waals surface area contributed by atoms with Crippen LogP contribution in [0.2, 0.25) is 0 Å². The first-order chi connectivity index (χ1) is 29.3. The standard InChI is InChI=1S/C23H36N2O5S.C23H34N2O5S/c2*1-7-25(17-9-12-29-13-10-17)20-15(2)18(21(26)28-6)19(31-20)16-8-11-24(14-16)22(27)30-23(3,4)5/h16-17H,7-14H2,1-6H3;8,17H,7,9-14H2,1-6H3. The Balaban J connectivity index is 0.000000234. The summed E-state index contributed by atoms with van der Waals surface area (Å²) in [5.74, 6) is -0.532. The van der Waals surface area contributed by atoms with Gasteiger partial charge in [0, 0.05) is 86.9 Å². The van der Waals surface area contributed by atoms with Gasteiger partial charge in [0.25, 0.3) is 0 Å². The average Bonchev–Trinajstić information content (AvgIpc) is 4.04. The minimum absolute atomic E-state index is 0.104. The third-order valence-corrected chi connectivity index (χ3v) is 14.5. The van der Waals surface area contributed by atoms with E-state index in [1.54, 1.807) is 32.5 Å². The van der Waals surface area contributed by atoms with Gasteiger partial charge < -0.3 is 48.0 Å². The number of anilines is 2. The maximum absolute atomic E-state index is 12.8. The van der Waals surface area contributed by atoms with Crippen LogP contribution in [0.25, 0.3) is 5.57 Å². The van der Waals surface area contributed by atoms with Crippen LogP contribution in [-0.2, 0) is 28.4 Å². The van der Waals surface area contributed by atoms with E-state index in [9.17, 15) is 19.2 Å². The van der Waals surface area contributed by atoms with Crippen LogP contribution in [0.5, 0.6) is 0 Å². The number of esters is 2. The van der Waals surface area contributed by atoms with E-state index in [-0.39, 0.29) is 30.0 Å². The van der Waals surface area contributed by atoms with Gasteiger partial charge in [-0.15, -0.1) is 22.7 Å². The summed E-state index contributed by atoms with van der Waals surface area (Å²) < 4.78 is 32.4. The number of hydrogen-bond acceptors (Lipinski definition) is 14. The van der Waals surface area contributed by atoms with Crippen molar-refractivity contribution in [3.05, 3.63) is 38.1 Å². The number of rotatable bonds is 10. The highest BCUT2D eigenvalue weighted by molar-refractivity contribution is 7.18. The molecule has 0 N–H and O–H groups in total. The maximum atomic E-state index is 12.8. The second kappa shape index (κ2) is 21.2. The molecule has 62 heavy (non-hydrogen) atoms. The summed E-state index contributed by atoms with van der Waals surface area (Å²) in [6, 6.07) is 0.807. The third-order valence-electron chi connectivity index (χ3n) is 11.6. The van der Waals surface area contributed by atoms with Crippen LogP contribution < -0.4 is 9.80 Å². The number of ether oxygens (including phenoxy) is 6. The topological polar surface area (TPSA) is 137 Å². The Hall–Kier alpha value is -3.86. The van der Waals surface area contributed by atoms with Gasteiger partial charge in [-0.2, -0.15) is 0 Å². The van der Waals surface area contributed by atoms with Crippen LogP contribution in [0.1, 0.15) is 135 Å². The van der Waals surface area contributed by atoms with Crippen molar-refractivity contribution < 1.29 is 47.6 Å². The minimum Gasteiger partial charge on any atom is -0.465 e. The summed E-state index contributed by atoms with van der Waals surface area (Å²) in [6.45, 7) is 26.4. The van der Waals surface area contributed by atoms with Crippen LogP contribution >= 0.6 is 22.7 Å². The lowest BCUT2D eigenvalue weighted by atomic mass is 10.00. The maximum Gasteiger partial charge on any atom is 0.410 e. The zero-order valence-electron chi connectivity index (χ0n) is 39.1. The Bertz CT molecular complexity index is 1890. The lowest BCUT2D eigenvalue weighted by molar-refractivity contribution is 0.0287. The Morgan fingerprint density at radius 3 is 1.66 bits per heavy atom. The highest BCUT2D eigenvalue weighted by atomic mass is 32.1. The van der Waals surface area contributed by atoms with E-state index in [2.05, 4.69) is 23.6 Å². The number of methoxy groups -OCH3 is 2. The van der Waals surface area contributed by atoms with E-state index < -0.39 is 11.2 Å². The smallest absolute Gasteiger partial charge is 0.410 e. The lowest BCUT2D eigenvalue weighted by Crippen LogP contribution is -2.39. The van der Waals surface area contributed by atoms with Gasteiger partial charge >= 0.3 is 24.1 Å². The summed E-state index contributed by atoms with van der Waals surface area (Å²) in [5.41, 5.74) is 3.09. The van der Waals surface area contributed by atoms with Crippen molar-refractivity contribution in [3.8, 4) is 0 Å². The van der Waals surface area contributed by atoms with E-state index in [1.165, 1.54) is 14.2 Å². The molecule has 0 aromatic carbocycles. The van der Waals surface area contributed by atoms with Crippen molar-refractivity contribution in [1.29, 1.82) is 0 Å². The highest BCUT2D eigenvalue weighted by Crippen LogP contribution is 2.45. The van der Waals surface area contributed by atoms with Gasteiger partial charge in [-0.1, -0.05) is 6.08 Å². The lowest BCUT2D eigenvalue weighted by Gasteiger charge is -2.34. The molecule has 346 valence electrons. The van der Waals surface area contributed by atoms with E-state index in [4.69, 9.17) is 28.4 Å². The quantitative estimate of drug-likeness (QED) is 0.166. The van der Waals surface area contributed by atoms with Crippen molar-refractivity contribution in [2.24, 2.45) is 0 Å². The van der Waals surface area contributed by atoms with Crippen LogP contribution in [0.3, 0.4) is 0 Å². The van der Waals surface area contributed by atoms with E-state index in [0.29, 0.717) is 49.4 Å². The molecule has 0 radical (unpaired) electrons. The molecule has 0 saturated carbocycles. The van der Waals surface area contributed by atoms with Gasteiger partial charge in [0.15, 0.2) is 0 Å². The Morgan fingerprint density at radius 2 is 1.18 bits per heavy atom. The second-order valence-corrected chi connectivity index (χ2v) is 20.3. The van der Waals surface area contributed by atoms with Crippen molar-refractivity contribution >= 4 is 62.4 Å². The SMILES string of the molecule is CCN(c1sc(C2=CCN(C(=O)OC(C)(C)C)C2)c(C(=O)OC)c1C)C1CCOCC1.CCN(c1sc(C2CCN(C(=O)OC(C)(C)C)C2)c(C(=O)OC)c1C)C1CCOCC1. The van der Waals surface area contributed by atoms with Crippen molar-refractivity contribution in [2.45, 2.75) is 131 Å². The fraction of sp³-hybridized carbons (Fsp3) is 0.696. The molecule has 3 fully saturated rings. The molecule has 3 saturated heterocycles. The zero-order valence-corrected chi connectivity index (χ0v) is 40.7. The van der Waals surface area contributed by atoms with Crippen LogP contribution in [0, 0.1) is 13.8 Å². The Morgan fingerprint density at radius 1 is 0.710 bits per heavy atom. The molecule has 4 aliphatic heterocycles. The molecule has 2 aromatic heterocycles. The number of carbonyl (C=O) groups is 4. The average molecular weight is 903 g/mol. The predicted octanol–water partition coefficient (Wildman–Crippen LogP) is 9.06. The molecule has 1 unspecified atom stereocenters. The fourth-order valence-corrected chi connectivity index (χ4v) is 11.6. The summed E-state index contributed by atoms with van der Waals surface area (Å²) in [6.07, 6.45) is 6.12. The van der Waals surface area contributed by atoms with Crippen molar-refractivity contribution in [3.63, 3.8) is 0 Å². The molecule has 4 aliphatic rings. The normalized spacial score (nSPS) is 18.8. The third kappa shape index (κ3) is 11.8. The number of amides is 2. The molecular formula is C46H70N4O10S2. The van der Waals surface area contributed by atoms with E-state index in [0.717, 1.165) is 108 Å². The molecule has 2 amide bonds. The largest absolute Gasteiger partial charge is 0.465 e. The first kappa shape index (κ1) is 49.2. The van der Waals surface area contributed by atoms with Crippen LogP contribution in [-0.4, -0.2) is 137 Å². The fourth-order valence-electron chi connectivity index (χ4n) is 8.57. The number of likely N-dealkylation sites (tertiary alicyclic amines) is 1. The van der Waals surface area contributed by atoms with Gasteiger partial charge in [-0.3, -0.25) is 0 Å². The monoisotopic (exact) mass is 902 g/mol. The summed E-state index contributed by atoms with van der Waals surface area (Å²) in [7, 11) is 2.84. The van der Waals surface area contributed by atoms with Crippen molar-refractivity contribution in [2.75, 3.05) is 89.7 Å². The molecule has 6 rings (SSSR count). The first-order valence-electron chi connectivity index (χ1n) is 22.1. The summed E-state index contributed by atoms with van der Waals surface area (Å²) in [4.78, 5) is 60.7. The Kier molecular flexibility index (Phi) is 16.8. The summed E-state index contributed by atoms with van der Waals surface area (Å²) in [5, 5.41) is 2.24. The van der Waals surface area contributed by atoms with Crippen LogP contribution in [0.15, 0.2) is 6.08 Å². The molecule has 14 nitrogen and oxygen atoms in total. The predicted molar refractivity (Wildman–Crippen MR) is 245 cm³/mol. The second-order valence-electron chi connectivity index (χ2n) is 18.3. The van der Waals surface area contributed by atoms with Gasteiger partial charge in [-0.05, 0) is 118 Å². The molecule has 16 heteroatoms. The molecular weight excluding hydrogens is 833 g/mol. The summed E-state index contributed by atoms with van der Waals surface area (Å²) >= 11 is 3.30.